The Balaban J connectivity index is 2.01. The molecule has 0 aliphatic carbocycles. The third-order valence-electron chi connectivity index (χ3n) is 2.57. The van der Waals surface area contributed by atoms with Crippen LogP contribution in [-0.2, 0) is 11.2 Å². The zero-order valence-corrected chi connectivity index (χ0v) is 10.5. The lowest BCUT2D eigenvalue weighted by Crippen LogP contribution is -1.95. The van der Waals surface area contributed by atoms with Crippen molar-refractivity contribution in [3.8, 4) is 0 Å². The van der Waals surface area contributed by atoms with Crippen LogP contribution in [0.15, 0.2) is 47.9 Å². The summed E-state index contributed by atoms with van der Waals surface area (Å²) in [6.45, 7) is 2.05. The van der Waals surface area contributed by atoms with Gasteiger partial charge < -0.3 is 0 Å². The molecule has 86 valence electrons. The second-order valence-corrected chi connectivity index (χ2v) is 4.94. The zero-order chi connectivity index (χ0) is 12.1. The van der Waals surface area contributed by atoms with E-state index >= 15 is 0 Å². The highest BCUT2D eigenvalue weighted by Gasteiger charge is 2.00. The second-order valence-electron chi connectivity index (χ2n) is 3.91. The number of thiophene rings is 1. The Morgan fingerprint density at radius 2 is 2.06 bits per heavy atom. The molecule has 0 saturated carbocycles. The lowest BCUT2D eigenvalue weighted by atomic mass is 10.1. The van der Waals surface area contributed by atoms with E-state index in [0.717, 1.165) is 10.4 Å². The fourth-order valence-electron chi connectivity index (χ4n) is 1.60. The van der Waals surface area contributed by atoms with E-state index in [1.165, 1.54) is 5.56 Å². The zero-order valence-electron chi connectivity index (χ0n) is 9.72. The molecule has 0 aliphatic rings. The van der Waals surface area contributed by atoms with Gasteiger partial charge in [-0.2, -0.15) is 0 Å². The quantitative estimate of drug-likeness (QED) is 0.744. The van der Waals surface area contributed by atoms with Gasteiger partial charge in [-0.3, -0.25) is 4.79 Å². The van der Waals surface area contributed by atoms with Crippen LogP contribution in [0, 0.1) is 6.92 Å². The first-order valence-electron chi connectivity index (χ1n) is 5.54. The van der Waals surface area contributed by atoms with Gasteiger partial charge in [-0.25, -0.2) is 0 Å². The standard InChI is InChI=1S/C15H14OS/c1-12-5-2-3-6-13(12)8-9-14(16)11-15-7-4-10-17-15/h2-10H,11H2,1H3/b9-8+. The number of aryl methyl sites for hydroxylation is 1. The average Bonchev–Trinajstić information content (AvgIpc) is 2.81. The highest BCUT2D eigenvalue weighted by atomic mass is 32.1. The van der Waals surface area contributed by atoms with Gasteiger partial charge in [-0.05, 0) is 35.6 Å². The van der Waals surface area contributed by atoms with Crippen LogP contribution in [0.1, 0.15) is 16.0 Å². The van der Waals surface area contributed by atoms with Crippen LogP contribution in [0.2, 0.25) is 0 Å². The van der Waals surface area contributed by atoms with Gasteiger partial charge in [0, 0.05) is 11.3 Å². The van der Waals surface area contributed by atoms with Crippen molar-refractivity contribution in [1.82, 2.24) is 0 Å². The minimum absolute atomic E-state index is 0.149. The van der Waals surface area contributed by atoms with E-state index in [2.05, 4.69) is 0 Å². The van der Waals surface area contributed by atoms with Crippen molar-refractivity contribution in [3.63, 3.8) is 0 Å². The maximum Gasteiger partial charge on any atom is 0.160 e. The molecule has 1 aromatic carbocycles. The second kappa shape index (κ2) is 5.60. The van der Waals surface area contributed by atoms with Crippen molar-refractivity contribution in [2.24, 2.45) is 0 Å². The molecule has 0 amide bonds. The van der Waals surface area contributed by atoms with Crippen LogP contribution in [0.4, 0.5) is 0 Å². The molecule has 1 heterocycles. The number of carbonyl (C=O) groups is 1. The Bertz CT molecular complexity index is 524. The molecule has 2 aromatic rings. The summed E-state index contributed by atoms with van der Waals surface area (Å²) >= 11 is 1.62. The summed E-state index contributed by atoms with van der Waals surface area (Å²) in [4.78, 5) is 12.8. The minimum Gasteiger partial charge on any atom is -0.294 e. The summed E-state index contributed by atoms with van der Waals surface area (Å²) in [5.41, 5.74) is 2.29. The number of rotatable bonds is 4. The Hall–Kier alpha value is -1.67. The van der Waals surface area contributed by atoms with E-state index in [1.807, 2.05) is 54.8 Å². The largest absolute Gasteiger partial charge is 0.294 e. The Labute approximate surface area is 105 Å². The molecule has 0 saturated heterocycles. The molecule has 0 unspecified atom stereocenters. The van der Waals surface area contributed by atoms with Crippen LogP contribution in [-0.4, -0.2) is 5.78 Å². The van der Waals surface area contributed by atoms with Gasteiger partial charge in [0.05, 0.1) is 0 Å². The van der Waals surface area contributed by atoms with E-state index in [9.17, 15) is 4.79 Å². The number of benzene rings is 1. The fourth-order valence-corrected chi connectivity index (χ4v) is 2.31. The number of carbonyl (C=O) groups excluding carboxylic acids is 1. The first-order valence-corrected chi connectivity index (χ1v) is 6.42. The van der Waals surface area contributed by atoms with E-state index in [-0.39, 0.29) is 5.78 Å². The average molecular weight is 242 g/mol. The summed E-state index contributed by atoms with van der Waals surface area (Å²) in [6, 6.07) is 12.0. The van der Waals surface area contributed by atoms with Gasteiger partial charge in [-0.15, -0.1) is 11.3 Å². The minimum atomic E-state index is 0.149. The molecule has 0 atom stereocenters. The van der Waals surface area contributed by atoms with Crippen molar-refractivity contribution >= 4 is 23.2 Å². The molecule has 0 radical (unpaired) electrons. The van der Waals surface area contributed by atoms with E-state index < -0.39 is 0 Å². The number of hydrogen-bond donors (Lipinski definition) is 0. The highest BCUT2D eigenvalue weighted by Crippen LogP contribution is 2.12. The summed E-state index contributed by atoms with van der Waals surface area (Å²) in [6.07, 6.45) is 4.06. The van der Waals surface area contributed by atoms with Gasteiger partial charge >= 0.3 is 0 Å². The van der Waals surface area contributed by atoms with Crippen molar-refractivity contribution in [2.45, 2.75) is 13.3 Å². The Morgan fingerprint density at radius 3 is 2.76 bits per heavy atom. The molecule has 0 bridgehead atoms. The normalized spacial score (nSPS) is 10.9. The van der Waals surface area contributed by atoms with E-state index in [1.54, 1.807) is 17.4 Å². The smallest absolute Gasteiger partial charge is 0.160 e. The summed E-state index contributed by atoms with van der Waals surface area (Å²) in [5, 5.41) is 1.99. The van der Waals surface area contributed by atoms with Crippen molar-refractivity contribution in [2.75, 3.05) is 0 Å². The molecule has 17 heavy (non-hydrogen) atoms. The van der Waals surface area contributed by atoms with Crippen LogP contribution < -0.4 is 0 Å². The van der Waals surface area contributed by atoms with Gasteiger partial charge in [0.2, 0.25) is 0 Å². The van der Waals surface area contributed by atoms with Crippen molar-refractivity contribution in [3.05, 3.63) is 63.9 Å². The molecule has 2 rings (SSSR count). The molecule has 1 nitrogen and oxygen atoms in total. The SMILES string of the molecule is Cc1ccccc1/C=C/C(=O)Cc1cccs1. The van der Waals surface area contributed by atoms with Crippen molar-refractivity contribution in [1.29, 1.82) is 0 Å². The fraction of sp³-hybridized carbons (Fsp3) is 0.133. The van der Waals surface area contributed by atoms with E-state index in [0.29, 0.717) is 6.42 Å². The third kappa shape index (κ3) is 3.40. The Kier molecular flexibility index (Phi) is 3.89. The summed E-state index contributed by atoms with van der Waals surface area (Å²) in [7, 11) is 0. The monoisotopic (exact) mass is 242 g/mol. The third-order valence-corrected chi connectivity index (χ3v) is 3.44. The molecule has 1 aromatic heterocycles. The molecule has 0 fully saturated rings. The first kappa shape index (κ1) is 11.8. The highest BCUT2D eigenvalue weighted by molar-refractivity contribution is 7.10. The van der Waals surface area contributed by atoms with Gasteiger partial charge in [0.15, 0.2) is 5.78 Å². The molecule has 0 N–H and O–H groups in total. The van der Waals surface area contributed by atoms with Crippen LogP contribution >= 0.6 is 11.3 Å². The van der Waals surface area contributed by atoms with Crippen molar-refractivity contribution < 1.29 is 4.79 Å². The molecule has 0 aliphatic heterocycles. The van der Waals surface area contributed by atoms with Gasteiger partial charge in [-0.1, -0.05) is 36.4 Å². The topological polar surface area (TPSA) is 17.1 Å². The lowest BCUT2D eigenvalue weighted by molar-refractivity contribution is -0.113. The number of hydrogen-bond acceptors (Lipinski definition) is 2. The predicted octanol–water partition coefficient (Wildman–Crippen LogP) is 3.88. The molecule has 2 heteroatoms. The first-order chi connectivity index (χ1) is 8.25. The maximum absolute atomic E-state index is 11.7. The maximum atomic E-state index is 11.7. The summed E-state index contributed by atoms with van der Waals surface area (Å²) < 4.78 is 0. The van der Waals surface area contributed by atoms with Gasteiger partial charge in [0.25, 0.3) is 0 Å². The lowest BCUT2D eigenvalue weighted by Gasteiger charge is -1.98. The van der Waals surface area contributed by atoms with Crippen LogP contribution in [0.25, 0.3) is 6.08 Å². The number of allylic oxidation sites excluding steroid dienone is 1. The Morgan fingerprint density at radius 1 is 1.24 bits per heavy atom. The van der Waals surface area contributed by atoms with Gasteiger partial charge in [0.1, 0.15) is 0 Å². The molecular weight excluding hydrogens is 228 g/mol. The van der Waals surface area contributed by atoms with E-state index in [4.69, 9.17) is 0 Å². The predicted molar refractivity (Wildman–Crippen MR) is 73.2 cm³/mol. The van der Waals surface area contributed by atoms with Crippen LogP contribution in [0.3, 0.4) is 0 Å². The molecular formula is C15H14OS. The summed E-state index contributed by atoms with van der Waals surface area (Å²) in [5.74, 6) is 0.149. The molecule has 0 spiro atoms. The number of ketones is 1. The van der Waals surface area contributed by atoms with Crippen LogP contribution in [0.5, 0.6) is 0 Å².